The molecule has 0 unspecified atom stereocenters. The summed E-state index contributed by atoms with van der Waals surface area (Å²) in [5.41, 5.74) is 4.23. The smallest absolute Gasteiger partial charge is 0.223 e. The second-order valence-electron chi connectivity index (χ2n) is 6.33. The first-order valence-electron chi connectivity index (χ1n) is 8.63. The average molecular weight is 361 g/mol. The minimum absolute atomic E-state index is 0.00960. The number of rotatable bonds is 5. The normalized spacial score (nSPS) is 12.1. The van der Waals surface area contributed by atoms with E-state index in [1.54, 1.807) is 18.7 Å². The molecule has 0 bridgehead atoms. The van der Waals surface area contributed by atoms with Crippen molar-refractivity contribution in [3.8, 4) is 22.6 Å². The number of aryl methyl sites for hydroxylation is 2. The van der Waals surface area contributed by atoms with Gasteiger partial charge >= 0.3 is 0 Å². The molecule has 7 heteroatoms. The molecule has 4 aromatic heterocycles. The van der Waals surface area contributed by atoms with Gasteiger partial charge in [-0.2, -0.15) is 0 Å². The Kier molecular flexibility index (Phi) is 4.42. The van der Waals surface area contributed by atoms with Crippen LogP contribution in [0, 0.1) is 13.8 Å². The summed E-state index contributed by atoms with van der Waals surface area (Å²) in [4.78, 5) is 13.4. The molecule has 136 valence electrons. The van der Waals surface area contributed by atoms with E-state index in [4.69, 9.17) is 13.9 Å². The second kappa shape index (κ2) is 7.03. The molecule has 0 aliphatic carbocycles. The van der Waals surface area contributed by atoms with E-state index in [2.05, 4.69) is 20.4 Å². The van der Waals surface area contributed by atoms with Crippen molar-refractivity contribution in [2.45, 2.75) is 26.8 Å². The third-order valence-corrected chi connectivity index (χ3v) is 4.33. The fourth-order valence-corrected chi connectivity index (χ4v) is 2.87. The monoisotopic (exact) mass is 361 g/mol. The first kappa shape index (κ1) is 17.0. The van der Waals surface area contributed by atoms with Crippen molar-refractivity contribution in [2.75, 3.05) is 5.32 Å². The molecule has 4 heterocycles. The third-order valence-electron chi connectivity index (χ3n) is 4.33. The van der Waals surface area contributed by atoms with E-state index in [0.29, 0.717) is 11.7 Å². The number of nitrogens with one attached hydrogen (secondary N) is 1. The number of furan rings is 1. The molecular weight excluding hydrogens is 342 g/mol. The SMILES string of the molecule is Cc1cc(-c2cnc(N[C@H](C)c3cccnc3)nc2-c2ccoc2C)on1. The number of hydrogen-bond acceptors (Lipinski definition) is 7. The zero-order chi connectivity index (χ0) is 18.8. The van der Waals surface area contributed by atoms with Crippen molar-refractivity contribution < 1.29 is 8.94 Å². The Labute approximate surface area is 156 Å². The van der Waals surface area contributed by atoms with E-state index in [-0.39, 0.29) is 6.04 Å². The topological polar surface area (TPSA) is 89.9 Å². The van der Waals surface area contributed by atoms with E-state index < -0.39 is 0 Å². The van der Waals surface area contributed by atoms with Crippen molar-refractivity contribution in [3.63, 3.8) is 0 Å². The van der Waals surface area contributed by atoms with Crippen molar-refractivity contribution in [1.29, 1.82) is 0 Å². The maximum Gasteiger partial charge on any atom is 0.223 e. The van der Waals surface area contributed by atoms with E-state index in [1.165, 1.54) is 0 Å². The molecule has 1 N–H and O–H groups in total. The summed E-state index contributed by atoms with van der Waals surface area (Å²) in [6.07, 6.45) is 6.96. The summed E-state index contributed by atoms with van der Waals surface area (Å²) >= 11 is 0. The van der Waals surface area contributed by atoms with Crippen LogP contribution in [0.5, 0.6) is 0 Å². The van der Waals surface area contributed by atoms with Gasteiger partial charge in [0.25, 0.3) is 0 Å². The fourth-order valence-electron chi connectivity index (χ4n) is 2.87. The first-order valence-corrected chi connectivity index (χ1v) is 8.63. The van der Waals surface area contributed by atoms with Crippen LogP contribution in [0.4, 0.5) is 5.95 Å². The molecule has 0 radical (unpaired) electrons. The number of hydrogen-bond donors (Lipinski definition) is 1. The highest BCUT2D eigenvalue weighted by atomic mass is 16.5. The molecule has 0 fully saturated rings. The molecule has 27 heavy (non-hydrogen) atoms. The van der Waals surface area contributed by atoms with Gasteiger partial charge in [0, 0.05) is 30.2 Å². The summed E-state index contributed by atoms with van der Waals surface area (Å²) < 4.78 is 10.9. The van der Waals surface area contributed by atoms with Crippen LogP contribution in [-0.2, 0) is 0 Å². The van der Waals surface area contributed by atoms with E-state index in [1.807, 2.05) is 51.2 Å². The Morgan fingerprint density at radius 1 is 1.11 bits per heavy atom. The average Bonchev–Trinajstić information content (AvgIpc) is 3.30. The summed E-state index contributed by atoms with van der Waals surface area (Å²) in [5, 5.41) is 7.30. The number of pyridine rings is 1. The lowest BCUT2D eigenvalue weighted by atomic mass is 10.1. The van der Waals surface area contributed by atoms with Crippen LogP contribution >= 0.6 is 0 Å². The van der Waals surface area contributed by atoms with Gasteiger partial charge in [-0.3, -0.25) is 4.98 Å². The van der Waals surface area contributed by atoms with Crippen LogP contribution in [0.1, 0.15) is 30.0 Å². The van der Waals surface area contributed by atoms with Gasteiger partial charge in [0.1, 0.15) is 5.76 Å². The summed E-state index contributed by atoms with van der Waals surface area (Å²) in [7, 11) is 0. The Balaban J connectivity index is 1.74. The zero-order valence-electron chi connectivity index (χ0n) is 15.3. The lowest BCUT2D eigenvalue weighted by molar-refractivity contribution is 0.427. The standard InChI is InChI=1S/C20H19N5O2/c1-12-9-18(27-25-12)17-11-22-20(23-13(2)15-5-4-7-21-10-15)24-19(17)16-6-8-26-14(16)3/h4-11,13H,1-3H3,(H,22,23,24)/t13-/m1/s1. The maximum atomic E-state index is 5.47. The van der Waals surface area contributed by atoms with E-state index in [0.717, 1.165) is 33.8 Å². The van der Waals surface area contributed by atoms with Gasteiger partial charge in [0.05, 0.1) is 29.3 Å². The van der Waals surface area contributed by atoms with Crippen LogP contribution in [0.3, 0.4) is 0 Å². The predicted octanol–water partition coefficient (Wildman–Crippen LogP) is 4.58. The molecular formula is C20H19N5O2. The Hall–Kier alpha value is -3.48. The Morgan fingerprint density at radius 2 is 2.00 bits per heavy atom. The molecule has 1 atom stereocenters. The molecule has 0 aliphatic heterocycles. The second-order valence-corrected chi connectivity index (χ2v) is 6.33. The minimum Gasteiger partial charge on any atom is -0.469 e. The third kappa shape index (κ3) is 3.44. The molecule has 0 amide bonds. The minimum atomic E-state index is 0.00960. The molecule has 0 aromatic carbocycles. The molecule has 0 aliphatic rings. The zero-order valence-corrected chi connectivity index (χ0v) is 15.3. The van der Waals surface area contributed by atoms with Crippen molar-refractivity contribution in [3.05, 3.63) is 66.1 Å². The largest absolute Gasteiger partial charge is 0.469 e. The van der Waals surface area contributed by atoms with Gasteiger partial charge in [-0.25, -0.2) is 9.97 Å². The van der Waals surface area contributed by atoms with Gasteiger partial charge in [0.15, 0.2) is 5.76 Å². The van der Waals surface area contributed by atoms with Crippen LogP contribution in [0.2, 0.25) is 0 Å². The maximum absolute atomic E-state index is 5.47. The Morgan fingerprint density at radius 3 is 2.67 bits per heavy atom. The lowest BCUT2D eigenvalue weighted by Crippen LogP contribution is -2.10. The molecule has 4 rings (SSSR count). The van der Waals surface area contributed by atoms with Gasteiger partial charge in [-0.15, -0.1) is 0 Å². The van der Waals surface area contributed by atoms with Gasteiger partial charge in [0.2, 0.25) is 5.95 Å². The predicted molar refractivity (Wildman–Crippen MR) is 101 cm³/mol. The van der Waals surface area contributed by atoms with Crippen molar-refractivity contribution >= 4 is 5.95 Å². The lowest BCUT2D eigenvalue weighted by Gasteiger charge is -2.15. The van der Waals surface area contributed by atoms with Gasteiger partial charge < -0.3 is 14.3 Å². The highest BCUT2D eigenvalue weighted by Crippen LogP contribution is 2.33. The van der Waals surface area contributed by atoms with E-state index in [9.17, 15) is 0 Å². The van der Waals surface area contributed by atoms with Crippen LogP contribution in [0.15, 0.2) is 58.1 Å². The Bertz CT molecular complexity index is 1060. The highest BCUT2D eigenvalue weighted by Gasteiger charge is 2.19. The van der Waals surface area contributed by atoms with Crippen molar-refractivity contribution in [1.82, 2.24) is 20.1 Å². The quantitative estimate of drug-likeness (QED) is 0.556. The summed E-state index contributed by atoms with van der Waals surface area (Å²) in [6.45, 7) is 5.82. The summed E-state index contributed by atoms with van der Waals surface area (Å²) in [5.74, 6) is 1.91. The highest BCUT2D eigenvalue weighted by molar-refractivity contribution is 5.79. The number of aromatic nitrogens is 4. The summed E-state index contributed by atoms with van der Waals surface area (Å²) in [6, 6.07) is 7.68. The van der Waals surface area contributed by atoms with Gasteiger partial charge in [-0.1, -0.05) is 11.2 Å². The van der Waals surface area contributed by atoms with E-state index >= 15 is 0 Å². The van der Waals surface area contributed by atoms with Crippen LogP contribution in [0.25, 0.3) is 22.6 Å². The molecule has 4 aromatic rings. The van der Waals surface area contributed by atoms with Crippen molar-refractivity contribution in [2.24, 2.45) is 0 Å². The fraction of sp³-hybridized carbons (Fsp3) is 0.200. The molecule has 0 saturated carbocycles. The van der Waals surface area contributed by atoms with Crippen LogP contribution < -0.4 is 5.32 Å². The molecule has 7 nitrogen and oxygen atoms in total. The first-order chi connectivity index (χ1) is 13.1. The number of anilines is 1. The van der Waals surface area contributed by atoms with Gasteiger partial charge in [-0.05, 0) is 38.5 Å². The van der Waals surface area contributed by atoms with Crippen LogP contribution in [-0.4, -0.2) is 20.1 Å². The molecule has 0 spiro atoms. The molecule has 0 saturated heterocycles. The number of nitrogens with zero attached hydrogens (tertiary/aromatic N) is 4.